The van der Waals surface area contributed by atoms with Crippen LogP contribution in [0.1, 0.15) is 180 Å². The van der Waals surface area contributed by atoms with Gasteiger partial charge in [-0.1, -0.05) is 215 Å². The van der Waals surface area contributed by atoms with Crippen LogP contribution in [0.5, 0.6) is 11.5 Å². The van der Waals surface area contributed by atoms with Gasteiger partial charge in [-0.05, 0) is 162 Å². The number of rotatable bonds is 12. The van der Waals surface area contributed by atoms with Crippen LogP contribution in [-0.4, -0.2) is 16.2 Å². The molecule has 424 valence electrons. The predicted octanol–water partition coefficient (Wildman–Crippen LogP) is 21.7. The van der Waals surface area contributed by atoms with Gasteiger partial charge in [0.05, 0.1) is 22.4 Å². The molecule has 0 fully saturated rings. The molecule has 0 N–H and O–H groups in total. The highest BCUT2D eigenvalue weighted by atomic mass is 16.5. The first-order valence-electron chi connectivity index (χ1n) is 30.2. The zero-order valence-electron chi connectivity index (χ0n) is 52.5. The van der Waals surface area contributed by atoms with E-state index in [1.54, 1.807) is 0 Å². The SMILES string of the molecule is CC(C)c1cccc(C(C)C)c1-c1ccc2c(c1)N(c1cc(Oc3ccc4c5cc(C(C)(C)C)ccc5n(-c5cc(C(C)(C)c6ccccc6)ccn5)c4c3)cc(C(C)(C)c3ccccc3)c1)CN2c1cc(C(C)(C)C)cc(C(C)(C)C)c1. The Balaban J connectivity index is 1.11. The molecule has 3 heterocycles. The number of anilines is 4. The molecule has 0 spiro atoms. The summed E-state index contributed by atoms with van der Waals surface area (Å²) < 4.78 is 9.71. The minimum Gasteiger partial charge on any atom is -0.457 e. The highest BCUT2D eigenvalue weighted by Crippen LogP contribution is 2.51. The van der Waals surface area contributed by atoms with Gasteiger partial charge in [0.25, 0.3) is 0 Å². The fourth-order valence-corrected chi connectivity index (χ4v) is 12.4. The molecule has 8 aromatic carbocycles. The van der Waals surface area contributed by atoms with Crippen LogP contribution < -0.4 is 14.5 Å². The molecule has 0 atom stereocenters. The van der Waals surface area contributed by atoms with Gasteiger partial charge in [0, 0.05) is 51.3 Å². The van der Waals surface area contributed by atoms with Crippen molar-refractivity contribution in [3.8, 4) is 28.4 Å². The van der Waals surface area contributed by atoms with Crippen molar-refractivity contribution in [2.24, 2.45) is 0 Å². The summed E-state index contributed by atoms with van der Waals surface area (Å²) in [4.78, 5) is 10.2. The van der Waals surface area contributed by atoms with Crippen LogP contribution in [-0.2, 0) is 27.1 Å². The zero-order valence-corrected chi connectivity index (χ0v) is 52.5. The van der Waals surface area contributed by atoms with E-state index >= 15 is 0 Å². The highest BCUT2D eigenvalue weighted by Gasteiger charge is 2.34. The fourth-order valence-electron chi connectivity index (χ4n) is 12.4. The normalized spacial score (nSPS) is 13.5. The fraction of sp³-hybridized carbons (Fsp3) is 0.321. The maximum absolute atomic E-state index is 7.37. The molecule has 0 saturated carbocycles. The smallest absolute Gasteiger partial charge is 0.137 e. The maximum atomic E-state index is 7.37. The molecule has 10 aromatic rings. The molecule has 0 bridgehead atoms. The van der Waals surface area contributed by atoms with Crippen molar-refractivity contribution in [2.45, 2.75) is 157 Å². The quantitative estimate of drug-likeness (QED) is 0.122. The Bertz CT molecular complexity index is 3980. The number of fused-ring (bicyclic) bond motifs is 4. The van der Waals surface area contributed by atoms with Crippen LogP contribution in [0.2, 0.25) is 0 Å². The molecule has 0 radical (unpaired) electrons. The Morgan fingerprint density at radius 1 is 0.398 bits per heavy atom. The first-order valence-corrected chi connectivity index (χ1v) is 30.2. The van der Waals surface area contributed by atoms with E-state index in [1.165, 1.54) is 78.1 Å². The molecule has 11 rings (SSSR count). The molecule has 83 heavy (non-hydrogen) atoms. The average molecular weight is 1100 g/mol. The van der Waals surface area contributed by atoms with Crippen LogP contribution in [0.4, 0.5) is 22.7 Å². The Kier molecular flexibility index (Phi) is 14.5. The van der Waals surface area contributed by atoms with E-state index in [4.69, 9.17) is 9.72 Å². The number of benzene rings is 8. The molecule has 0 aliphatic carbocycles. The third-order valence-electron chi connectivity index (χ3n) is 17.9. The summed E-state index contributed by atoms with van der Waals surface area (Å²) in [5, 5.41) is 2.35. The van der Waals surface area contributed by atoms with E-state index in [1.807, 2.05) is 6.20 Å². The lowest BCUT2D eigenvalue weighted by atomic mass is 9.78. The van der Waals surface area contributed by atoms with Crippen molar-refractivity contribution in [1.82, 2.24) is 9.55 Å². The Labute approximate surface area is 496 Å². The van der Waals surface area contributed by atoms with Gasteiger partial charge in [0.2, 0.25) is 0 Å². The number of pyridine rings is 1. The van der Waals surface area contributed by atoms with Gasteiger partial charge in [0.15, 0.2) is 0 Å². The number of ether oxygens (including phenoxy) is 1. The molecule has 1 aliphatic rings. The molecule has 0 amide bonds. The summed E-state index contributed by atoms with van der Waals surface area (Å²) in [5.74, 6) is 3.11. The molecule has 0 saturated heterocycles. The van der Waals surface area contributed by atoms with Crippen LogP contribution in [0.15, 0.2) is 188 Å². The Morgan fingerprint density at radius 2 is 0.964 bits per heavy atom. The van der Waals surface area contributed by atoms with E-state index in [2.05, 4.69) is 314 Å². The van der Waals surface area contributed by atoms with Crippen molar-refractivity contribution in [1.29, 1.82) is 0 Å². The Morgan fingerprint density at radius 3 is 1.55 bits per heavy atom. The zero-order chi connectivity index (χ0) is 59.1. The second kappa shape index (κ2) is 21.1. The molecule has 5 nitrogen and oxygen atoms in total. The van der Waals surface area contributed by atoms with Gasteiger partial charge in [-0.15, -0.1) is 0 Å². The summed E-state index contributed by atoms with van der Waals surface area (Å²) in [6.45, 7) is 40.0. The predicted molar refractivity (Wildman–Crippen MR) is 354 cm³/mol. The molecule has 2 aromatic heterocycles. The van der Waals surface area contributed by atoms with Gasteiger partial charge in [-0.3, -0.25) is 4.57 Å². The van der Waals surface area contributed by atoms with Gasteiger partial charge in [-0.2, -0.15) is 0 Å². The highest BCUT2D eigenvalue weighted by molar-refractivity contribution is 6.10. The summed E-state index contributed by atoms with van der Waals surface area (Å²) >= 11 is 0. The van der Waals surface area contributed by atoms with Gasteiger partial charge in [0.1, 0.15) is 24.0 Å². The lowest BCUT2D eigenvalue weighted by Crippen LogP contribution is -2.26. The van der Waals surface area contributed by atoms with E-state index in [9.17, 15) is 0 Å². The van der Waals surface area contributed by atoms with E-state index in [-0.39, 0.29) is 27.1 Å². The second-order valence-electron chi connectivity index (χ2n) is 28.3. The number of hydrogen-bond donors (Lipinski definition) is 0. The lowest BCUT2D eigenvalue weighted by Gasteiger charge is -2.30. The summed E-state index contributed by atoms with van der Waals surface area (Å²) in [5.41, 5.74) is 20.1. The topological polar surface area (TPSA) is 33.5 Å². The molecule has 5 heteroatoms. The monoisotopic (exact) mass is 1090 g/mol. The molecule has 1 aliphatic heterocycles. The van der Waals surface area contributed by atoms with Crippen molar-refractivity contribution in [2.75, 3.05) is 16.5 Å². The summed E-state index contributed by atoms with van der Waals surface area (Å²) in [6, 6.07) is 68.1. The average Bonchev–Trinajstić information content (AvgIpc) is 3.53. The Hall–Kier alpha value is -7.89. The van der Waals surface area contributed by atoms with E-state index in [0.29, 0.717) is 18.5 Å². The van der Waals surface area contributed by atoms with Crippen LogP contribution in [0.25, 0.3) is 38.8 Å². The van der Waals surface area contributed by atoms with E-state index in [0.717, 1.165) is 45.0 Å². The van der Waals surface area contributed by atoms with Crippen molar-refractivity contribution in [3.05, 3.63) is 238 Å². The minimum absolute atomic E-state index is 0.0321. The number of aromatic nitrogens is 2. The summed E-state index contributed by atoms with van der Waals surface area (Å²) in [7, 11) is 0. The minimum atomic E-state index is -0.379. The second-order valence-corrected chi connectivity index (χ2v) is 28.3. The van der Waals surface area contributed by atoms with Gasteiger partial charge < -0.3 is 14.5 Å². The molecule has 0 unspecified atom stereocenters. The first-order chi connectivity index (χ1) is 39.2. The number of hydrogen-bond acceptors (Lipinski definition) is 4. The number of nitrogens with zero attached hydrogens (tertiary/aromatic N) is 4. The maximum Gasteiger partial charge on any atom is 0.137 e. The van der Waals surface area contributed by atoms with Crippen molar-refractivity contribution < 1.29 is 4.74 Å². The summed E-state index contributed by atoms with van der Waals surface area (Å²) in [6.07, 6.45) is 1.97. The standard InChI is InChI=1S/C78H86N4O/c1-50(2)64-29-24-30-65(51(3)4)73(64)52-31-35-69-71(39-52)81(49-80(69)60-41-57(75(8,9)10)40-58(42-60)76(11,12)13)61-43-59(78(16,17)54-27-22-19-23-28-54)44-63(47-61)83-62-33-34-66-67-45-55(74(5,6)7)32-36-68(67)82(70(66)48-62)72-46-56(37-38-79-72)77(14,15)53-25-20-18-21-26-53/h18-48,50-51H,49H2,1-17H3. The first kappa shape index (κ1) is 56.9. The van der Waals surface area contributed by atoms with Crippen LogP contribution in [0.3, 0.4) is 0 Å². The largest absolute Gasteiger partial charge is 0.457 e. The molecular formula is C78H86N4O. The third-order valence-corrected chi connectivity index (χ3v) is 17.9. The molecular weight excluding hydrogens is 1010 g/mol. The third kappa shape index (κ3) is 10.8. The van der Waals surface area contributed by atoms with Crippen molar-refractivity contribution >= 4 is 44.6 Å². The van der Waals surface area contributed by atoms with E-state index < -0.39 is 0 Å². The van der Waals surface area contributed by atoms with Crippen molar-refractivity contribution in [3.63, 3.8) is 0 Å². The van der Waals surface area contributed by atoms with Gasteiger partial charge >= 0.3 is 0 Å². The van der Waals surface area contributed by atoms with Gasteiger partial charge in [-0.25, -0.2) is 4.98 Å². The van der Waals surface area contributed by atoms with Crippen LogP contribution in [0, 0.1) is 0 Å². The van der Waals surface area contributed by atoms with Crippen LogP contribution >= 0.6 is 0 Å². The lowest BCUT2D eigenvalue weighted by molar-refractivity contribution is 0.480.